The van der Waals surface area contributed by atoms with Crippen LogP contribution in [0.3, 0.4) is 0 Å². The van der Waals surface area contributed by atoms with Crippen LogP contribution in [0.15, 0.2) is 67.0 Å². The molecule has 152 valence electrons. The van der Waals surface area contributed by atoms with Crippen LogP contribution in [0.25, 0.3) is 0 Å². The summed E-state index contributed by atoms with van der Waals surface area (Å²) in [4.78, 5) is 30.8. The summed E-state index contributed by atoms with van der Waals surface area (Å²) >= 11 is 0. The van der Waals surface area contributed by atoms with Gasteiger partial charge in [-0.3, -0.25) is 14.6 Å². The normalized spacial score (nSPS) is 12.2. The number of fused-ring (bicyclic) bond motifs is 1. The van der Waals surface area contributed by atoms with Gasteiger partial charge in [-0.2, -0.15) is 0 Å². The van der Waals surface area contributed by atoms with Gasteiger partial charge < -0.3 is 19.7 Å². The molecule has 30 heavy (non-hydrogen) atoms. The number of ether oxygens (including phenoxy) is 2. The maximum atomic E-state index is 12.8. The quantitative estimate of drug-likeness (QED) is 0.683. The van der Waals surface area contributed by atoms with E-state index >= 15 is 0 Å². The molecule has 0 aliphatic carbocycles. The smallest absolute Gasteiger partial charge is 0.262 e. The van der Waals surface area contributed by atoms with Crippen LogP contribution in [0.1, 0.15) is 15.9 Å². The molecular weight excluding hydrogens is 382 g/mol. The molecule has 0 atom stereocenters. The van der Waals surface area contributed by atoms with Gasteiger partial charge in [0.2, 0.25) is 0 Å². The second-order valence-electron chi connectivity index (χ2n) is 6.80. The molecule has 0 bridgehead atoms. The maximum Gasteiger partial charge on any atom is 0.262 e. The van der Waals surface area contributed by atoms with Crippen LogP contribution in [-0.2, 0) is 11.2 Å². The average Bonchev–Trinajstić information content (AvgIpc) is 3.21. The molecule has 2 amide bonds. The number of benzene rings is 2. The van der Waals surface area contributed by atoms with E-state index in [0.717, 1.165) is 23.4 Å². The Labute approximate surface area is 174 Å². The lowest BCUT2D eigenvalue weighted by molar-refractivity contribution is -0.118. The molecule has 0 spiro atoms. The van der Waals surface area contributed by atoms with Crippen molar-refractivity contribution in [3.63, 3.8) is 0 Å². The monoisotopic (exact) mass is 403 g/mol. The summed E-state index contributed by atoms with van der Waals surface area (Å²) in [5.74, 6) is 0.933. The van der Waals surface area contributed by atoms with Crippen LogP contribution in [0.2, 0.25) is 0 Å². The lowest BCUT2D eigenvalue weighted by Crippen LogP contribution is -2.29. The summed E-state index contributed by atoms with van der Waals surface area (Å²) < 4.78 is 10.6. The molecule has 4 rings (SSSR count). The van der Waals surface area contributed by atoms with Gasteiger partial charge in [-0.1, -0.05) is 6.07 Å². The topological polar surface area (TPSA) is 80.8 Å². The first kappa shape index (κ1) is 19.4. The lowest BCUT2D eigenvalue weighted by atomic mass is 10.1. The minimum Gasteiger partial charge on any atom is -0.497 e. The minimum atomic E-state index is -0.282. The van der Waals surface area contributed by atoms with Gasteiger partial charge in [0.15, 0.2) is 6.61 Å². The van der Waals surface area contributed by atoms with Crippen LogP contribution in [-0.4, -0.2) is 37.1 Å². The minimum absolute atomic E-state index is 0.0811. The Kier molecular flexibility index (Phi) is 5.61. The van der Waals surface area contributed by atoms with Gasteiger partial charge in [0, 0.05) is 35.9 Å². The average molecular weight is 403 g/mol. The SMILES string of the molecule is COc1ccc(OCC(=O)Nc2ccc3c(c2)N(C(=O)c2ccncc2)CC3)cc1. The van der Waals surface area contributed by atoms with E-state index in [1.54, 1.807) is 60.8 Å². The number of anilines is 2. The largest absolute Gasteiger partial charge is 0.497 e. The number of carbonyl (C=O) groups is 2. The summed E-state index contributed by atoms with van der Waals surface area (Å²) in [7, 11) is 1.59. The van der Waals surface area contributed by atoms with Crippen molar-refractivity contribution in [1.82, 2.24) is 4.98 Å². The Morgan fingerprint density at radius 1 is 1.03 bits per heavy atom. The second-order valence-corrected chi connectivity index (χ2v) is 6.80. The van der Waals surface area contributed by atoms with Gasteiger partial charge in [0.05, 0.1) is 7.11 Å². The summed E-state index contributed by atoms with van der Waals surface area (Å²) in [6, 6.07) is 16.0. The molecule has 2 aromatic carbocycles. The van der Waals surface area contributed by atoms with Crippen LogP contribution in [0.5, 0.6) is 11.5 Å². The van der Waals surface area contributed by atoms with Crippen LogP contribution in [0, 0.1) is 0 Å². The summed E-state index contributed by atoms with van der Waals surface area (Å²) in [5, 5.41) is 2.83. The number of hydrogen-bond donors (Lipinski definition) is 1. The van der Waals surface area contributed by atoms with E-state index in [0.29, 0.717) is 23.5 Å². The zero-order chi connectivity index (χ0) is 20.9. The zero-order valence-corrected chi connectivity index (χ0v) is 16.5. The number of hydrogen-bond acceptors (Lipinski definition) is 5. The molecule has 3 aromatic rings. The molecule has 0 saturated carbocycles. The zero-order valence-electron chi connectivity index (χ0n) is 16.5. The van der Waals surface area contributed by atoms with E-state index in [2.05, 4.69) is 10.3 Å². The van der Waals surface area contributed by atoms with Crippen LogP contribution < -0.4 is 19.7 Å². The Morgan fingerprint density at radius 3 is 2.50 bits per heavy atom. The number of nitrogens with one attached hydrogen (secondary N) is 1. The number of nitrogens with zero attached hydrogens (tertiary/aromatic N) is 2. The van der Waals surface area contributed by atoms with Gasteiger partial charge in [-0.25, -0.2) is 0 Å². The van der Waals surface area contributed by atoms with Gasteiger partial charge in [-0.15, -0.1) is 0 Å². The predicted molar refractivity (Wildman–Crippen MR) is 113 cm³/mol. The maximum absolute atomic E-state index is 12.8. The van der Waals surface area contributed by atoms with Crippen molar-refractivity contribution in [2.75, 3.05) is 30.5 Å². The first-order valence-electron chi connectivity index (χ1n) is 9.55. The highest BCUT2D eigenvalue weighted by Gasteiger charge is 2.26. The highest BCUT2D eigenvalue weighted by molar-refractivity contribution is 6.07. The Hall–Kier alpha value is -3.87. The van der Waals surface area contributed by atoms with E-state index < -0.39 is 0 Å². The van der Waals surface area contributed by atoms with E-state index in [1.165, 1.54) is 0 Å². The molecule has 0 saturated heterocycles. The molecule has 1 aromatic heterocycles. The highest BCUT2D eigenvalue weighted by Crippen LogP contribution is 2.32. The Morgan fingerprint density at radius 2 is 1.77 bits per heavy atom. The molecule has 1 aliphatic rings. The molecule has 1 aliphatic heterocycles. The molecular formula is C23H21N3O4. The van der Waals surface area contributed by atoms with E-state index in [-0.39, 0.29) is 18.4 Å². The fourth-order valence-corrected chi connectivity index (χ4v) is 3.34. The molecule has 0 fully saturated rings. The molecule has 0 radical (unpaired) electrons. The van der Waals surface area contributed by atoms with Crippen LogP contribution in [0.4, 0.5) is 11.4 Å². The van der Waals surface area contributed by atoms with Crippen LogP contribution >= 0.6 is 0 Å². The first-order chi connectivity index (χ1) is 14.6. The van der Waals surface area contributed by atoms with Crippen molar-refractivity contribution >= 4 is 23.2 Å². The molecule has 7 heteroatoms. The van der Waals surface area contributed by atoms with Crippen molar-refractivity contribution in [1.29, 1.82) is 0 Å². The molecule has 2 heterocycles. The Bertz CT molecular complexity index is 1050. The predicted octanol–water partition coefficient (Wildman–Crippen LogP) is 3.31. The summed E-state index contributed by atoms with van der Waals surface area (Å²) in [6.45, 7) is 0.484. The number of pyridine rings is 1. The van der Waals surface area contributed by atoms with E-state index in [4.69, 9.17) is 9.47 Å². The van der Waals surface area contributed by atoms with Gasteiger partial charge in [0.25, 0.3) is 11.8 Å². The standard InChI is InChI=1S/C23H21N3O4/c1-29-19-4-6-20(7-5-19)30-15-22(27)25-18-3-2-16-10-13-26(21(16)14-18)23(28)17-8-11-24-12-9-17/h2-9,11-12,14H,10,13,15H2,1H3,(H,25,27). The summed E-state index contributed by atoms with van der Waals surface area (Å²) in [5.41, 5.74) is 3.09. The van der Waals surface area contributed by atoms with E-state index in [9.17, 15) is 9.59 Å². The summed E-state index contributed by atoms with van der Waals surface area (Å²) in [6.07, 6.45) is 3.98. The van der Waals surface area contributed by atoms with Crippen molar-refractivity contribution in [2.24, 2.45) is 0 Å². The fourth-order valence-electron chi connectivity index (χ4n) is 3.34. The third-order valence-corrected chi connectivity index (χ3v) is 4.87. The fraction of sp³-hybridized carbons (Fsp3) is 0.174. The van der Waals surface area contributed by atoms with Gasteiger partial charge in [-0.05, 0) is 60.5 Å². The number of aromatic nitrogens is 1. The third kappa shape index (κ3) is 4.25. The first-order valence-corrected chi connectivity index (χ1v) is 9.55. The number of amides is 2. The van der Waals surface area contributed by atoms with E-state index in [1.807, 2.05) is 18.2 Å². The van der Waals surface area contributed by atoms with Crippen molar-refractivity contribution in [3.8, 4) is 11.5 Å². The third-order valence-electron chi connectivity index (χ3n) is 4.87. The Balaban J connectivity index is 1.41. The number of methoxy groups -OCH3 is 1. The van der Waals surface area contributed by atoms with Crippen molar-refractivity contribution in [3.05, 3.63) is 78.1 Å². The molecule has 7 nitrogen and oxygen atoms in total. The van der Waals surface area contributed by atoms with Crippen molar-refractivity contribution < 1.29 is 19.1 Å². The number of rotatable bonds is 6. The van der Waals surface area contributed by atoms with Crippen molar-refractivity contribution in [2.45, 2.75) is 6.42 Å². The lowest BCUT2D eigenvalue weighted by Gasteiger charge is -2.18. The van der Waals surface area contributed by atoms with Gasteiger partial charge >= 0.3 is 0 Å². The second kappa shape index (κ2) is 8.65. The number of carbonyl (C=O) groups excluding carboxylic acids is 2. The molecule has 1 N–H and O–H groups in total. The molecule has 0 unspecified atom stereocenters. The highest BCUT2D eigenvalue weighted by atomic mass is 16.5. The van der Waals surface area contributed by atoms with Gasteiger partial charge in [0.1, 0.15) is 11.5 Å².